The third kappa shape index (κ3) is 4.55. The third-order valence-corrected chi connectivity index (χ3v) is 6.19. The molecule has 0 unspecified atom stereocenters. The maximum atomic E-state index is 13.0. The van der Waals surface area contributed by atoms with Crippen molar-refractivity contribution < 1.29 is 4.79 Å². The molecular formula is C25H26N6O2. The van der Waals surface area contributed by atoms with Crippen LogP contribution in [0.3, 0.4) is 0 Å². The van der Waals surface area contributed by atoms with Crippen molar-refractivity contribution in [2.75, 3.05) is 0 Å². The van der Waals surface area contributed by atoms with Gasteiger partial charge in [0.15, 0.2) is 0 Å². The normalized spacial score (nSPS) is 13.8. The molecule has 0 atom stereocenters. The van der Waals surface area contributed by atoms with Crippen LogP contribution in [0.5, 0.6) is 0 Å². The Bertz CT molecular complexity index is 1340. The highest BCUT2D eigenvalue weighted by atomic mass is 16.1. The summed E-state index contributed by atoms with van der Waals surface area (Å²) in [5.74, 6) is 0.632. The first-order chi connectivity index (χ1) is 16.2. The van der Waals surface area contributed by atoms with Crippen LogP contribution in [0.15, 0.2) is 59.9 Å². The van der Waals surface area contributed by atoms with Gasteiger partial charge in [-0.05, 0) is 42.2 Å². The molecule has 8 heteroatoms. The van der Waals surface area contributed by atoms with Crippen LogP contribution >= 0.6 is 0 Å². The third-order valence-electron chi connectivity index (χ3n) is 6.19. The number of amides is 1. The number of hydrogen-bond donors (Lipinski definition) is 1. The monoisotopic (exact) mass is 442 g/mol. The Balaban J connectivity index is 1.36. The topological polar surface area (TPSA) is 94.7 Å². The Kier molecular flexibility index (Phi) is 5.97. The van der Waals surface area contributed by atoms with E-state index < -0.39 is 0 Å². The van der Waals surface area contributed by atoms with Crippen molar-refractivity contribution in [1.82, 2.24) is 29.6 Å². The van der Waals surface area contributed by atoms with Crippen molar-refractivity contribution in [2.24, 2.45) is 0 Å². The minimum Gasteiger partial charge on any atom is -0.348 e. The average molecular weight is 443 g/mol. The highest BCUT2D eigenvalue weighted by Crippen LogP contribution is 2.17. The maximum Gasteiger partial charge on any atom is 0.261 e. The second-order valence-electron chi connectivity index (χ2n) is 8.43. The van der Waals surface area contributed by atoms with Crippen molar-refractivity contribution in [1.29, 1.82) is 0 Å². The minimum atomic E-state index is -0.193. The van der Waals surface area contributed by atoms with Crippen LogP contribution in [-0.4, -0.2) is 30.2 Å². The molecule has 4 aromatic rings. The van der Waals surface area contributed by atoms with E-state index in [0.717, 1.165) is 49.1 Å². The number of hydrogen-bond acceptors (Lipinski definition) is 5. The van der Waals surface area contributed by atoms with Crippen LogP contribution in [-0.2, 0) is 26.1 Å². The molecule has 8 nitrogen and oxygen atoms in total. The summed E-state index contributed by atoms with van der Waals surface area (Å²) >= 11 is 0. The lowest BCUT2D eigenvalue weighted by atomic mass is 10.1. The van der Waals surface area contributed by atoms with Gasteiger partial charge in [0, 0.05) is 25.1 Å². The molecule has 168 valence electrons. The number of rotatable bonds is 5. The summed E-state index contributed by atoms with van der Waals surface area (Å²) in [6, 6.07) is 13.1. The summed E-state index contributed by atoms with van der Waals surface area (Å²) in [7, 11) is 0. The minimum absolute atomic E-state index is 0.00843. The summed E-state index contributed by atoms with van der Waals surface area (Å²) in [5.41, 5.74) is 3.16. The fourth-order valence-electron chi connectivity index (χ4n) is 4.39. The lowest BCUT2D eigenvalue weighted by molar-refractivity contribution is 0.0951. The zero-order valence-electron chi connectivity index (χ0n) is 18.4. The van der Waals surface area contributed by atoms with Crippen molar-refractivity contribution in [3.8, 4) is 0 Å². The summed E-state index contributed by atoms with van der Waals surface area (Å²) in [6.45, 7) is 1.69. The van der Waals surface area contributed by atoms with Gasteiger partial charge < -0.3 is 5.32 Å². The lowest BCUT2D eigenvalue weighted by Gasteiger charge is -2.16. The molecule has 0 aliphatic carbocycles. The van der Waals surface area contributed by atoms with Crippen molar-refractivity contribution in [3.63, 3.8) is 0 Å². The number of carbonyl (C=O) groups excluding carboxylic acids is 1. The average Bonchev–Trinajstić information content (AvgIpc) is 3.32. The molecule has 0 fully saturated rings. The van der Waals surface area contributed by atoms with Gasteiger partial charge in [0.25, 0.3) is 11.5 Å². The predicted molar refractivity (Wildman–Crippen MR) is 125 cm³/mol. The van der Waals surface area contributed by atoms with Crippen molar-refractivity contribution in [2.45, 2.75) is 51.7 Å². The number of nitrogens with one attached hydrogen (secondary N) is 1. The van der Waals surface area contributed by atoms with Gasteiger partial charge in [0.1, 0.15) is 18.5 Å². The van der Waals surface area contributed by atoms with E-state index in [1.54, 1.807) is 29.2 Å². The van der Waals surface area contributed by atoms with Crippen LogP contribution in [0.1, 0.15) is 53.0 Å². The smallest absolute Gasteiger partial charge is 0.261 e. The summed E-state index contributed by atoms with van der Waals surface area (Å²) in [4.78, 5) is 34.7. The molecule has 0 saturated carbocycles. The van der Waals surface area contributed by atoms with E-state index in [9.17, 15) is 9.59 Å². The molecule has 33 heavy (non-hydrogen) atoms. The Hall–Kier alpha value is -3.81. The number of nitrogens with zero attached hydrogens (tertiary/aromatic N) is 5. The summed E-state index contributed by atoms with van der Waals surface area (Å²) in [6.07, 6.45) is 8.31. The molecular weight excluding hydrogens is 416 g/mol. The number of benzene rings is 2. The van der Waals surface area contributed by atoms with Crippen LogP contribution in [0.25, 0.3) is 10.9 Å². The molecule has 0 spiro atoms. The SMILES string of the molecule is O=C(NCc1ccccc1Cn1cncn1)c1ccc2c(=O)n3c(nc2c1)CCCCCC3. The zero-order valence-corrected chi connectivity index (χ0v) is 18.4. The van der Waals surface area contributed by atoms with Gasteiger partial charge in [0.05, 0.1) is 17.4 Å². The van der Waals surface area contributed by atoms with Gasteiger partial charge in [-0.3, -0.25) is 14.2 Å². The Morgan fingerprint density at radius 2 is 1.88 bits per heavy atom. The van der Waals surface area contributed by atoms with Crippen LogP contribution < -0.4 is 10.9 Å². The van der Waals surface area contributed by atoms with Crippen molar-refractivity contribution in [3.05, 3.63) is 88.0 Å². The highest BCUT2D eigenvalue weighted by Gasteiger charge is 2.15. The van der Waals surface area contributed by atoms with Crippen LogP contribution in [0, 0.1) is 0 Å². The molecule has 5 rings (SSSR count). The Labute approximate surface area is 191 Å². The van der Waals surface area contributed by atoms with E-state index in [1.807, 2.05) is 28.8 Å². The molecule has 1 amide bonds. The predicted octanol–water partition coefficient (Wildman–Crippen LogP) is 3.08. The van der Waals surface area contributed by atoms with E-state index in [4.69, 9.17) is 4.98 Å². The van der Waals surface area contributed by atoms with Crippen molar-refractivity contribution >= 4 is 16.8 Å². The lowest BCUT2D eigenvalue weighted by Crippen LogP contribution is -2.27. The largest absolute Gasteiger partial charge is 0.348 e. The first-order valence-electron chi connectivity index (χ1n) is 11.4. The van der Waals surface area contributed by atoms with E-state index in [1.165, 1.54) is 6.33 Å². The van der Waals surface area contributed by atoms with E-state index in [2.05, 4.69) is 15.4 Å². The molecule has 1 N–H and O–H groups in total. The van der Waals surface area contributed by atoms with Gasteiger partial charge in [-0.25, -0.2) is 14.6 Å². The van der Waals surface area contributed by atoms with Gasteiger partial charge in [-0.2, -0.15) is 5.10 Å². The standard InChI is InChI=1S/C25H26N6O2/c32-24(27-14-19-7-4-5-8-20(19)15-30-17-26-16-28-30)18-10-11-21-22(13-18)29-23-9-3-1-2-6-12-31(23)25(21)33/h4-5,7-8,10-11,13,16-17H,1-3,6,9,12,14-15H2,(H,27,32). The van der Waals surface area contributed by atoms with E-state index in [-0.39, 0.29) is 11.5 Å². The molecule has 1 aliphatic heterocycles. The first-order valence-corrected chi connectivity index (χ1v) is 11.4. The molecule has 2 aromatic heterocycles. The van der Waals surface area contributed by atoms with Gasteiger partial charge in [-0.15, -0.1) is 0 Å². The molecule has 0 saturated heterocycles. The van der Waals surface area contributed by atoms with Gasteiger partial charge >= 0.3 is 0 Å². The molecule has 0 radical (unpaired) electrons. The van der Waals surface area contributed by atoms with Gasteiger partial charge in [-0.1, -0.05) is 37.1 Å². The number of aromatic nitrogens is 5. The first kappa shape index (κ1) is 21.1. The summed E-state index contributed by atoms with van der Waals surface area (Å²) < 4.78 is 3.56. The Morgan fingerprint density at radius 1 is 1.03 bits per heavy atom. The zero-order chi connectivity index (χ0) is 22.6. The van der Waals surface area contributed by atoms with Crippen LogP contribution in [0.4, 0.5) is 0 Å². The van der Waals surface area contributed by atoms with Crippen LogP contribution in [0.2, 0.25) is 0 Å². The summed E-state index contributed by atoms with van der Waals surface area (Å²) in [5, 5.41) is 7.72. The number of aryl methyl sites for hydroxylation is 1. The van der Waals surface area contributed by atoms with E-state index in [0.29, 0.717) is 36.1 Å². The molecule has 2 aromatic carbocycles. The second kappa shape index (κ2) is 9.36. The fourth-order valence-corrected chi connectivity index (χ4v) is 4.39. The fraction of sp³-hybridized carbons (Fsp3) is 0.320. The Morgan fingerprint density at radius 3 is 2.73 bits per heavy atom. The highest BCUT2D eigenvalue weighted by molar-refractivity contribution is 5.97. The maximum absolute atomic E-state index is 13.0. The quantitative estimate of drug-likeness (QED) is 0.513. The van der Waals surface area contributed by atoms with Gasteiger partial charge in [0.2, 0.25) is 0 Å². The second-order valence-corrected chi connectivity index (χ2v) is 8.43. The molecule has 1 aliphatic rings. The number of carbonyl (C=O) groups is 1. The molecule has 0 bridgehead atoms. The van der Waals surface area contributed by atoms with E-state index >= 15 is 0 Å². The molecule has 3 heterocycles. The number of fused-ring (bicyclic) bond motifs is 2.